The van der Waals surface area contributed by atoms with Gasteiger partial charge in [-0.3, -0.25) is 0 Å². The highest BCUT2D eigenvalue weighted by Gasteiger charge is 1.96. The van der Waals surface area contributed by atoms with Crippen molar-refractivity contribution in [3.8, 4) is 0 Å². The van der Waals surface area contributed by atoms with Crippen LogP contribution in [0.5, 0.6) is 0 Å². The van der Waals surface area contributed by atoms with Gasteiger partial charge in [0.1, 0.15) is 0 Å². The van der Waals surface area contributed by atoms with Crippen molar-refractivity contribution in [3.05, 3.63) is 0 Å². The van der Waals surface area contributed by atoms with Crippen LogP contribution in [0.2, 0.25) is 0 Å². The molecule has 41 valence electrons. The van der Waals surface area contributed by atoms with Gasteiger partial charge in [0.05, 0.1) is 6.26 Å². The van der Waals surface area contributed by atoms with Crippen molar-refractivity contribution in [2.24, 2.45) is 0 Å². The van der Waals surface area contributed by atoms with Crippen LogP contribution in [0.25, 0.3) is 0 Å². The third-order valence-corrected chi connectivity index (χ3v) is 0.556. The Hall–Kier alpha value is -0.580. The third kappa shape index (κ3) is 5.42. The Kier molecular flexibility index (Phi) is 1.76. The van der Waals surface area contributed by atoms with E-state index in [4.69, 9.17) is 4.79 Å². The van der Waals surface area contributed by atoms with Crippen LogP contribution in [0, 0.1) is 0 Å². The van der Waals surface area contributed by atoms with Crippen molar-refractivity contribution in [1.82, 2.24) is 0 Å². The van der Waals surface area contributed by atoms with E-state index >= 15 is 0 Å². The van der Waals surface area contributed by atoms with Gasteiger partial charge in [0, 0.05) is 0 Å². The third-order valence-electron chi connectivity index (χ3n) is 0.185. The smallest absolute Gasteiger partial charge is 0.336 e. The molecular formula is C2H3O4S. The first-order valence-corrected chi connectivity index (χ1v) is 3.13. The zero-order chi connectivity index (χ0) is 5.91. The molecule has 4 nitrogen and oxygen atoms in total. The van der Waals surface area contributed by atoms with Crippen LogP contribution in [0.3, 0.4) is 0 Å². The summed E-state index contributed by atoms with van der Waals surface area (Å²) in [6.07, 6.45) is 0.762. The number of hydrogen-bond acceptors (Lipinski definition) is 4. The summed E-state index contributed by atoms with van der Waals surface area (Å²) in [7, 11) is -3.60. The van der Waals surface area contributed by atoms with Crippen LogP contribution in [-0.2, 0) is 19.1 Å². The molecule has 0 unspecified atom stereocenters. The van der Waals surface area contributed by atoms with Gasteiger partial charge in [0.15, 0.2) is 0 Å². The second-order valence-electron chi connectivity index (χ2n) is 0.871. The molecule has 0 aliphatic carbocycles. The molecule has 0 bridgehead atoms. The fourth-order valence-corrected chi connectivity index (χ4v) is 0.185. The molecule has 0 N–H and O–H groups in total. The van der Waals surface area contributed by atoms with Crippen LogP contribution < -0.4 is 0 Å². The second-order valence-corrected chi connectivity index (χ2v) is 2.45. The molecule has 0 aliphatic rings. The van der Waals surface area contributed by atoms with Crippen LogP contribution in [0.1, 0.15) is 0 Å². The average Bonchev–Trinajstić information content (AvgIpc) is 1.30. The van der Waals surface area contributed by atoms with Gasteiger partial charge >= 0.3 is 16.6 Å². The lowest BCUT2D eigenvalue weighted by atomic mass is 11.7. The van der Waals surface area contributed by atoms with Gasteiger partial charge in [-0.25, -0.2) is 4.79 Å². The summed E-state index contributed by atoms with van der Waals surface area (Å²) in [5, 5.41) is 0. The van der Waals surface area contributed by atoms with Crippen molar-refractivity contribution in [2.75, 3.05) is 6.26 Å². The predicted octanol–water partition coefficient (Wildman–Crippen LogP) is -0.970. The summed E-state index contributed by atoms with van der Waals surface area (Å²) in [6.45, 7) is 0.770. The van der Waals surface area contributed by atoms with E-state index in [0.29, 0.717) is 0 Å². The lowest BCUT2D eigenvalue weighted by Gasteiger charge is -1.83. The molecule has 0 spiro atoms. The maximum Gasteiger partial charge on any atom is 0.434 e. The lowest BCUT2D eigenvalue weighted by molar-refractivity contribution is 0.432. The Labute approximate surface area is 41.2 Å². The molecular weight excluding hydrogens is 120 g/mol. The first-order chi connectivity index (χ1) is 3.06. The van der Waals surface area contributed by atoms with Gasteiger partial charge < -0.3 is 4.18 Å². The van der Waals surface area contributed by atoms with Gasteiger partial charge in [-0.05, 0) is 0 Å². The summed E-state index contributed by atoms with van der Waals surface area (Å²) in [6, 6.07) is 0. The van der Waals surface area contributed by atoms with E-state index in [0.717, 1.165) is 12.7 Å². The maximum atomic E-state index is 9.75. The highest BCUT2D eigenvalue weighted by Crippen LogP contribution is 1.77. The molecule has 0 heterocycles. The molecule has 0 aromatic heterocycles. The van der Waals surface area contributed by atoms with E-state index < -0.39 is 10.1 Å². The Morgan fingerprint density at radius 1 is 1.57 bits per heavy atom. The Morgan fingerprint density at radius 2 is 2.00 bits per heavy atom. The molecule has 1 radical (unpaired) electrons. The van der Waals surface area contributed by atoms with Crippen LogP contribution in [0.4, 0.5) is 0 Å². The molecule has 0 saturated carbocycles. The monoisotopic (exact) mass is 123 g/mol. The van der Waals surface area contributed by atoms with Gasteiger partial charge in [-0.15, -0.1) is 0 Å². The minimum atomic E-state index is -3.60. The fourth-order valence-electron chi connectivity index (χ4n) is 0.0618. The second kappa shape index (κ2) is 1.92. The fraction of sp³-hybridized carbons (Fsp3) is 0.500. The molecule has 0 fully saturated rings. The van der Waals surface area contributed by atoms with Gasteiger partial charge in [-0.1, -0.05) is 0 Å². The molecule has 0 aliphatic heterocycles. The molecule has 0 aromatic carbocycles. The van der Waals surface area contributed by atoms with E-state index in [1.54, 1.807) is 0 Å². The zero-order valence-electron chi connectivity index (χ0n) is 3.54. The number of rotatable bonds is 2. The van der Waals surface area contributed by atoms with E-state index in [1.807, 2.05) is 0 Å². The van der Waals surface area contributed by atoms with Crippen molar-refractivity contribution >= 4 is 16.6 Å². The number of hydrogen-bond donors (Lipinski definition) is 0. The summed E-state index contributed by atoms with van der Waals surface area (Å²) in [5.74, 6) is 0. The summed E-state index contributed by atoms with van der Waals surface area (Å²) in [4.78, 5) is 9.09. The molecule has 7 heavy (non-hydrogen) atoms. The molecule has 0 amide bonds. The number of carbonyl (C=O) groups excluding carboxylic acids is 1. The maximum absolute atomic E-state index is 9.75. The summed E-state index contributed by atoms with van der Waals surface area (Å²) >= 11 is 0. The molecule has 0 atom stereocenters. The zero-order valence-corrected chi connectivity index (χ0v) is 4.36. The van der Waals surface area contributed by atoms with Crippen LogP contribution in [-0.4, -0.2) is 21.1 Å². The van der Waals surface area contributed by atoms with Crippen molar-refractivity contribution < 1.29 is 17.4 Å². The van der Waals surface area contributed by atoms with Crippen molar-refractivity contribution in [1.29, 1.82) is 0 Å². The average molecular weight is 123 g/mol. The summed E-state index contributed by atoms with van der Waals surface area (Å²) < 4.78 is 22.9. The summed E-state index contributed by atoms with van der Waals surface area (Å²) in [5.41, 5.74) is 0. The van der Waals surface area contributed by atoms with Gasteiger partial charge in [0.25, 0.3) is 0 Å². The Bertz CT molecular complexity index is 143. The Balaban J connectivity index is 3.84. The van der Waals surface area contributed by atoms with E-state index in [2.05, 4.69) is 4.18 Å². The SMILES string of the molecule is CS(=O)(=O)O[C]=O. The van der Waals surface area contributed by atoms with Gasteiger partial charge in [0.2, 0.25) is 0 Å². The lowest BCUT2D eigenvalue weighted by Crippen LogP contribution is -1.98. The topological polar surface area (TPSA) is 60.4 Å². The van der Waals surface area contributed by atoms with Crippen LogP contribution >= 0.6 is 0 Å². The molecule has 0 aromatic rings. The van der Waals surface area contributed by atoms with Crippen LogP contribution in [0.15, 0.2) is 0 Å². The van der Waals surface area contributed by atoms with E-state index in [9.17, 15) is 8.42 Å². The molecule has 0 saturated heterocycles. The molecule has 5 heteroatoms. The van der Waals surface area contributed by atoms with Crippen molar-refractivity contribution in [3.63, 3.8) is 0 Å². The minimum absolute atomic E-state index is 0.762. The largest absolute Gasteiger partial charge is 0.434 e. The van der Waals surface area contributed by atoms with Gasteiger partial charge in [-0.2, -0.15) is 8.42 Å². The van der Waals surface area contributed by atoms with E-state index in [1.165, 1.54) is 0 Å². The first kappa shape index (κ1) is 6.42. The van der Waals surface area contributed by atoms with E-state index in [-0.39, 0.29) is 0 Å². The minimum Gasteiger partial charge on any atom is -0.336 e. The standard InChI is InChI=1S/C2H3O4S/c1-7(4,5)6-2-3/h1H3. The highest BCUT2D eigenvalue weighted by molar-refractivity contribution is 7.86. The predicted molar refractivity (Wildman–Crippen MR) is 21.6 cm³/mol. The highest BCUT2D eigenvalue weighted by atomic mass is 32.2. The Morgan fingerprint density at radius 3 is 2.00 bits per heavy atom. The first-order valence-electron chi connectivity index (χ1n) is 1.32. The normalized spacial score (nSPS) is 10.4. The van der Waals surface area contributed by atoms with Crippen molar-refractivity contribution in [2.45, 2.75) is 0 Å². The molecule has 0 rings (SSSR count). The quantitative estimate of drug-likeness (QED) is 0.443.